The average molecular weight is 298 g/mol. The summed E-state index contributed by atoms with van der Waals surface area (Å²) >= 11 is 0. The highest BCUT2D eigenvalue weighted by Crippen LogP contribution is 2.03. The molecule has 0 aliphatic rings. The Hall–Kier alpha value is -0.570. The topological polar surface area (TPSA) is 36.4 Å². The third-order valence-electron chi connectivity index (χ3n) is 3.79. The van der Waals surface area contributed by atoms with Gasteiger partial charge in [0.2, 0.25) is 0 Å². The standard InChI is InChI=1S/C18H39N3/c1-4-6-8-10-12-15-20-18(14-17-19-3)21-16-13-11-9-7-5-2/h19H,4-17H2,1-3H3,(H,20,21). The monoisotopic (exact) mass is 297 g/mol. The van der Waals surface area contributed by atoms with E-state index in [1.54, 1.807) is 0 Å². The molecule has 0 heterocycles. The Labute approximate surface area is 133 Å². The highest BCUT2D eigenvalue weighted by molar-refractivity contribution is 5.82. The number of aliphatic imine (C=N–C) groups is 1. The van der Waals surface area contributed by atoms with Gasteiger partial charge in [-0.2, -0.15) is 0 Å². The summed E-state index contributed by atoms with van der Waals surface area (Å²) < 4.78 is 0. The molecule has 0 aromatic heterocycles. The third kappa shape index (κ3) is 15.6. The molecule has 3 heteroatoms. The zero-order valence-electron chi connectivity index (χ0n) is 14.8. The van der Waals surface area contributed by atoms with Crippen LogP contribution >= 0.6 is 0 Å². The number of amidine groups is 1. The minimum atomic E-state index is 0.992. The Morgan fingerprint density at radius 2 is 1.38 bits per heavy atom. The van der Waals surface area contributed by atoms with E-state index < -0.39 is 0 Å². The van der Waals surface area contributed by atoms with Gasteiger partial charge in [0.05, 0.1) is 5.84 Å². The summed E-state index contributed by atoms with van der Waals surface area (Å²) in [5.41, 5.74) is 0. The number of rotatable bonds is 15. The summed E-state index contributed by atoms with van der Waals surface area (Å²) in [7, 11) is 2.01. The zero-order chi connectivity index (χ0) is 15.6. The maximum atomic E-state index is 4.76. The van der Waals surface area contributed by atoms with Crippen LogP contribution < -0.4 is 10.6 Å². The first kappa shape index (κ1) is 20.4. The van der Waals surface area contributed by atoms with Crippen molar-refractivity contribution in [2.24, 2.45) is 4.99 Å². The first-order valence-electron chi connectivity index (χ1n) is 9.26. The Balaban J connectivity index is 3.73. The number of nitrogens with zero attached hydrogens (tertiary/aromatic N) is 1. The molecule has 0 saturated carbocycles. The van der Waals surface area contributed by atoms with Crippen molar-refractivity contribution in [1.82, 2.24) is 10.6 Å². The van der Waals surface area contributed by atoms with Crippen molar-refractivity contribution in [3.8, 4) is 0 Å². The Morgan fingerprint density at radius 3 is 2.00 bits per heavy atom. The molecule has 0 fully saturated rings. The summed E-state index contributed by atoms with van der Waals surface area (Å²) in [4.78, 5) is 4.76. The van der Waals surface area contributed by atoms with E-state index in [4.69, 9.17) is 4.99 Å². The van der Waals surface area contributed by atoms with Crippen molar-refractivity contribution in [2.75, 3.05) is 26.7 Å². The molecule has 0 aromatic rings. The van der Waals surface area contributed by atoms with E-state index in [0.717, 1.165) is 26.1 Å². The summed E-state index contributed by atoms with van der Waals surface area (Å²) in [5.74, 6) is 1.20. The van der Waals surface area contributed by atoms with E-state index in [2.05, 4.69) is 24.5 Å². The van der Waals surface area contributed by atoms with Crippen LogP contribution in [0.15, 0.2) is 4.99 Å². The van der Waals surface area contributed by atoms with Gasteiger partial charge >= 0.3 is 0 Å². The molecule has 0 saturated heterocycles. The Bertz CT molecular complexity index is 227. The van der Waals surface area contributed by atoms with Crippen LogP contribution in [0.2, 0.25) is 0 Å². The average Bonchev–Trinajstić information content (AvgIpc) is 2.50. The second-order valence-corrected chi connectivity index (χ2v) is 5.94. The van der Waals surface area contributed by atoms with Crippen molar-refractivity contribution in [3.05, 3.63) is 0 Å². The summed E-state index contributed by atoms with van der Waals surface area (Å²) in [6, 6.07) is 0. The third-order valence-corrected chi connectivity index (χ3v) is 3.79. The summed E-state index contributed by atoms with van der Waals surface area (Å²) in [6.07, 6.45) is 14.3. The summed E-state index contributed by atoms with van der Waals surface area (Å²) in [5, 5.41) is 6.76. The summed E-state index contributed by atoms with van der Waals surface area (Å²) in [6.45, 7) is 7.62. The minimum absolute atomic E-state index is 0.992. The molecular weight excluding hydrogens is 258 g/mol. The predicted octanol–water partition coefficient (Wildman–Crippen LogP) is 4.52. The second kappa shape index (κ2) is 17.5. The van der Waals surface area contributed by atoms with E-state index in [1.165, 1.54) is 70.0 Å². The molecule has 2 N–H and O–H groups in total. The van der Waals surface area contributed by atoms with Crippen LogP contribution in [0.5, 0.6) is 0 Å². The molecule has 126 valence electrons. The molecule has 0 aliphatic heterocycles. The van der Waals surface area contributed by atoms with Crippen LogP contribution in [0.4, 0.5) is 0 Å². The quantitative estimate of drug-likeness (QED) is 0.265. The minimum Gasteiger partial charge on any atom is -0.374 e. The number of hydrogen-bond acceptors (Lipinski definition) is 2. The molecule has 21 heavy (non-hydrogen) atoms. The van der Waals surface area contributed by atoms with Crippen LogP contribution in [-0.2, 0) is 0 Å². The molecule has 0 unspecified atom stereocenters. The van der Waals surface area contributed by atoms with Crippen molar-refractivity contribution in [3.63, 3.8) is 0 Å². The van der Waals surface area contributed by atoms with Gasteiger partial charge in [-0.15, -0.1) is 0 Å². The zero-order valence-corrected chi connectivity index (χ0v) is 14.8. The lowest BCUT2D eigenvalue weighted by molar-refractivity contribution is 0.618. The molecule has 0 amide bonds. The van der Waals surface area contributed by atoms with E-state index >= 15 is 0 Å². The SMILES string of the molecule is CCCCCCCN=C(CCNC)NCCCCCCC. The predicted molar refractivity (Wildman–Crippen MR) is 96.4 cm³/mol. The molecule has 0 aromatic carbocycles. The van der Waals surface area contributed by atoms with Gasteiger partial charge in [0.15, 0.2) is 0 Å². The first-order chi connectivity index (χ1) is 10.3. The maximum absolute atomic E-state index is 4.76. The largest absolute Gasteiger partial charge is 0.374 e. The smallest absolute Gasteiger partial charge is 0.0975 e. The second-order valence-electron chi connectivity index (χ2n) is 5.94. The van der Waals surface area contributed by atoms with E-state index in [9.17, 15) is 0 Å². The van der Waals surface area contributed by atoms with Crippen molar-refractivity contribution in [2.45, 2.75) is 84.5 Å². The Kier molecular flexibility index (Phi) is 17.0. The van der Waals surface area contributed by atoms with E-state index in [0.29, 0.717) is 0 Å². The van der Waals surface area contributed by atoms with Crippen LogP contribution in [-0.4, -0.2) is 32.5 Å². The van der Waals surface area contributed by atoms with Crippen molar-refractivity contribution < 1.29 is 0 Å². The maximum Gasteiger partial charge on any atom is 0.0975 e. The van der Waals surface area contributed by atoms with E-state index in [1.807, 2.05) is 7.05 Å². The lowest BCUT2D eigenvalue weighted by atomic mass is 10.1. The molecular formula is C18H39N3. The molecule has 0 spiro atoms. The van der Waals surface area contributed by atoms with Gasteiger partial charge in [-0.1, -0.05) is 65.2 Å². The fraction of sp³-hybridized carbons (Fsp3) is 0.944. The molecule has 0 rings (SSSR count). The van der Waals surface area contributed by atoms with Crippen LogP contribution in [0, 0.1) is 0 Å². The van der Waals surface area contributed by atoms with Crippen molar-refractivity contribution in [1.29, 1.82) is 0 Å². The molecule has 0 bridgehead atoms. The van der Waals surface area contributed by atoms with Gasteiger partial charge < -0.3 is 10.6 Å². The first-order valence-corrected chi connectivity index (χ1v) is 9.26. The number of hydrogen-bond donors (Lipinski definition) is 2. The highest BCUT2D eigenvalue weighted by atomic mass is 15.0. The van der Waals surface area contributed by atoms with Gasteiger partial charge in [0.25, 0.3) is 0 Å². The molecule has 0 atom stereocenters. The molecule has 3 nitrogen and oxygen atoms in total. The van der Waals surface area contributed by atoms with Gasteiger partial charge in [-0.25, -0.2) is 0 Å². The fourth-order valence-corrected chi connectivity index (χ4v) is 2.36. The van der Waals surface area contributed by atoms with Crippen molar-refractivity contribution >= 4 is 5.84 Å². The number of nitrogens with one attached hydrogen (secondary N) is 2. The van der Waals surface area contributed by atoms with Crippen LogP contribution in [0.3, 0.4) is 0 Å². The van der Waals surface area contributed by atoms with Crippen LogP contribution in [0.1, 0.15) is 84.5 Å². The normalized spacial score (nSPS) is 11.9. The van der Waals surface area contributed by atoms with Gasteiger partial charge in [-0.3, -0.25) is 4.99 Å². The lowest BCUT2D eigenvalue weighted by Crippen LogP contribution is -2.28. The highest BCUT2D eigenvalue weighted by Gasteiger charge is 1.98. The van der Waals surface area contributed by atoms with Crippen LogP contribution in [0.25, 0.3) is 0 Å². The molecule has 0 aliphatic carbocycles. The fourth-order valence-electron chi connectivity index (χ4n) is 2.36. The molecule has 0 radical (unpaired) electrons. The number of unbranched alkanes of at least 4 members (excludes halogenated alkanes) is 8. The van der Waals surface area contributed by atoms with Gasteiger partial charge in [0, 0.05) is 26.1 Å². The lowest BCUT2D eigenvalue weighted by Gasteiger charge is -2.10. The Morgan fingerprint density at radius 1 is 0.762 bits per heavy atom. The van der Waals surface area contributed by atoms with Gasteiger partial charge in [0.1, 0.15) is 0 Å². The van der Waals surface area contributed by atoms with E-state index in [-0.39, 0.29) is 0 Å². The van der Waals surface area contributed by atoms with Gasteiger partial charge in [-0.05, 0) is 19.9 Å².